The van der Waals surface area contributed by atoms with Crippen molar-refractivity contribution in [2.45, 2.75) is 0 Å². The topological polar surface area (TPSA) is 51.0 Å². The van der Waals surface area contributed by atoms with Crippen LogP contribution in [0.1, 0.15) is 5.56 Å². The molecule has 1 N–H and O–H groups in total. The molecule has 2 rings (SSSR count). The number of phenolic OH excluding ortho intramolecular Hbond substituents is 1. The largest absolute Gasteiger partial charge is 0.507 e. The predicted molar refractivity (Wildman–Crippen MR) is 84.1 cm³/mol. The molecule has 0 heterocycles. The minimum absolute atomic E-state index is 0.152. The summed E-state index contributed by atoms with van der Waals surface area (Å²) in [6.45, 7) is 0.933. The second-order valence-electron chi connectivity index (χ2n) is 4.26. The summed E-state index contributed by atoms with van der Waals surface area (Å²) >= 11 is 5.85. The van der Waals surface area contributed by atoms with Crippen molar-refractivity contribution < 1.29 is 14.6 Å². The van der Waals surface area contributed by atoms with Crippen LogP contribution in [0.5, 0.6) is 17.2 Å². The SMILES string of the molecule is COc1ccc(OCCN=Cc2cc(Cl)ccc2O)cc1. The Balaban J connectivity index is 1.81. The smallest absolute Gasteiger partial charge is 0.124 e. The molecule has 21 heavy (non-hydrogen) atoms. The number of nitrogens with zero attached hydrogens (tertiary/aromatic N) is 1. The maximum absolute atomic E-state index is 9.63. The summed E-state index contributed by atoms with van der Waals surface area (Å²) in [7, 11) is 1.62. The van der Waals surface area contributed by atoms with Crippen LogP contribution >= 0.6 is 11.6 Å². The van der Waals surface area contributed by atoms with E-state index in [1.807, 2.05) is 24.3 Å². The second-order valence-corrected chi connectivity index (χ2v) is 4.70. The van der Waals surface area contributed by atoms with Crippen LogP contribution in [0.2, 0.25) is 5.02 Å². The summed E-state index contributed by atoms with van der Waals surface area (Å²) in [6, 6.07) is 12.2. The van der Waals surface area contributed by atoms with Gasteiger partial charge in [0.2, 0.25) is 0 Å². The first kappa shape index (κ1) is 15.2. The lowest BCUT2D eigenvalue weighted by Crippen LogP contribution is -2.01. The van der Waals surface area contributed by atoms with Crippen LogP contribution in [0, 0.1) is 0 Å². The van der Waals surface area contributed by atoms with E-state index in [2.05, 4.69) is 4.99 Å². The molecule has 2 aromatic rings. The van der Waals surface area contributed by atoms with Crippen LogP contribution in [0.15, 0.2) is 47.5 Å². The lowest BCUT2D eigenvalue weighted by atomic mass is 10.2. The average Bonchev–Trinajstić information content (AvgIpc) is 2.51. The van der Waals surface area contributed by atoms with Gasteiger partial charge in [-0.15, -0.1) is 0 Å². The molecule has 0 aliphatic rings. The first-order chi connectivity index (χ1) is 10.2. The maximum Gasteiger partial charge on any atom is 0.124 e. The Morgan fingerprint density at radius 1 is 1.14 bits per heavy atom. The number of phenols is 1. The maximum atomic E-state index is 9.63. The quantitative estimate of drug-likeness (QED) is 0.656. The molecule has 0 saturated carbocycles. The van der Waals surface area contributed by atoms with Gasteiger partial charge in [-0.2, -0.15) is 0 Å². The van der Waals surface area contributed by atoms with Crippen LogP contribution in [0.25, 0.3) is 0 Å². The van der Waals surface area contributed by atoms with Gasteiger partial charge in [-0.3, -0.25) is 4.99 Å². The van der Waals surface area contributed by atoms with Crippen molar-refractivity contribution in [2.75, 3.05) is 20.3 Å². The van der Waals surface area contributed by atoms with Crippen LogP contribution < -0.4 is 9.47 Å². The zero-order chi connectivity index (χ0) is 15.1. The monoisotopic (exact) mass is 305 g/mol. The number of aliphatic imine (C=N–C) groups is 1. The van der Waals surface area contributed by atoms with Gasteiger partial charge in [0.15, 0.2) is 0 Å². The fraction of sp³-hybridized carbons (Fsp3) is 0.188. The molecule has 0 amide bonds. The number of benzene rings is 2. The molecule has 5 heteroatoms. The Morgan fingerprint density at radius 2 is 1.86 bits per heavy atom. The molecule has 0 aliphatic heterocycles. The van der Waals surface area contributed by atoms with Gasteiger partial charge in [-0.1, -0.05) is 11.6 Å². The van der Waals surface area contributed by atoms with Crippen molar-refractivity contribution in [3.05, 3.63) is 53.1 Å². The summed E-state index contributed by atoms with van der Waals surface area (Å²) in [6.07, 6.45) is 1.58. The minimum Gasteiger partial charge on any atom is -0.507 e. The molecular formula is C16H16ClNO3. The second kappa shape index (κ2) is 7.55. The molecule has 0 atom stereocenters. The van der Waals surface area contributed by atoms with Crippen molar-refractivity contribution in [3.8, 4) is 17.2 Å². The van der Waals surface area contributed by atoms with E-state index in [-0.39, 0.29) is 5.75 Å². The van der Waals surface area contributed by atoms with E-state index in [0.717, 1.165) is 11.5 Å². The number of methoxy groups -OCH3 is 1. The van der Waals surface area contributed by atoms with Gasteiger partial charge in [0, 0.05) is 16.8 Å². The molecule has 0 aliphatic carbocycles. The fourth-order valence-electron chi connectivity index (χ4n) is 1.68. The normalized spacial score (nSPS) is 10.8. The number of halogens is 1. The first-order valence-electron chi connectivity index (χ1n) is 6.44. The van der Waals surface area contributed by atoms with Crippen molar-refractivity contribution in [1.82, 2.24) is 0 Å². The van der Waals surface area contributed by atoms with Gasteiger partial charge in [-0.25, -0.2) is 0 Å². The Bertz CT molecular complexity index is 611. The van der Waals surface area contributed by atoms with E-state index < -0.39 is 0 Å². The highest BCUT2D eigenvalue weighted by atomic mass is 35.5. The third kappa shape index (κ3) is 4.68. The van der Waals surface area contributed by atoms with E-state index in [9.17, 15) is 5.11 Å². The Hall–Kier alpha value is -2.20. The summed E-state index contributed by atoms with van der Waals surface area (Å²) in [5, 5.41) is 10.2. The number of hydrogen-bond acceptors (Lipinski definition) is 4. The molecule has 2 aromatic carbocycles. The first-order valence-corrected chi connectivity index (χ1v) is 6.82. The predicted octanol–water partition coefficient (Wildman–Crippen LogP) is 3.55. The van der Waals surface area contributed by atoms with Gasteiger partial charge in [0.1, 0.15) is 23.9 Å². The molecule has 110 valence electrons. The van der Waals surface area contributed by atoms with Gasteiger partial charge < -0.3 is 14.6 Å². The van der Waals surface area contributed by atoms with Crippen molar-refractivity contribution in [2.24, 2.45) is 4.99 Å². The molecule has 0 fully saturated rings. The van der Waals surface area contributed by atoms with E-state index >= 15 is 0 Å². The van der Waals surface area contributed by atoms with Crippen LogP contribution in [-0.4, -0.2) is 31.6 Å². The Labute approximate surface area is 128 Å². The van der Waals surface area contributed by atoms with E-state index in [1.54, 1.807) is 25.5 Å². The molecular weight excluding hydrogens is 290 g/mol. The van der Waals surface area contributed by atoms with Crippen molar-refractivity contribution in [3.63, 3.8) is 0 Å². The standard InChI is InChI=1S/C16H16ClNO3/c1-20-14-3-5-15(6-4-14)21-9-8-18-11-12-10-13(17)2-7-16(12)19/h2-7,10-11,19H,8-9H2,1H3. The summed E-state index contributed by atoms with van der Waals surface area (Å²) < 4.78 is 10.6. The number of aromatic hydroxyl groups is 1. The zero-order valence-electron chi connectivity index (χ0n) is 11.6. The minimum atomic E-state index is 0.152. The average molecular weight is 306 g/mol. The summed E-state index contributed by atoms with van der Waals surface area (Å²) in [4.78, 5) is 4.20. The van der Waals surface area contributed by atoms with Crippen molar-refractivity contribution in [1.29, 1.82) is 0 Å². The van der Waals surface area contributed by atoms with E-state index in [1.165, 1.54) is 6.07 Å². The number of rotatable bonds is 6. The molecule has 0 radical (unpaired) electrons. The lowest BCUT2D eigenvalue weighted by molar-refractivity contribution is 0.328. The van der Waals surface area contributed by atoms with Crippen molar-refractivity contribution >= 4 is 17.8 Å². The Morgan fingerprint density at radius 3 is 2.57 bits per heavy atom. The van der Waals surface area contributed by atoms with Gasteiger partial charge in [0.25, 0.3) is 0 Å². The fourth-order valence-corrected chi connectivity index (χ4v) is 1.86. The van der Waals surface area contributed by atoms with Crippen LogP contribution in [0.4, 0.5) is 0 Å². The highest BCUT2D eigenvalue weighted by Gasteiger charge is 1.98. The summed E-state index contributed by atoms with van der Waals surface area (Å²) in [5.41, 5.74) is 0.590. The Kier molecular flexibility index (Phi) is 5.46. The van der Waals surface area contributed by atoms with Gasteiger partial charge >= 0.3 is 0 Å². The lowest BCUT2D eigenvalue weighted by Gasteiger charge is -2.05. The third-order valence-electron chi connectivity index (χ3n) is 2.77. The highest BCUT2D eigenvalue weighted by molar-refractivity contribution is 6.30. The van der Waals surface area contributed by atoms with Crippen LogP contribution in [0.3, 0.4) is 0 Å². The van der Waals surface area contributed by atoms with Gasteiger partial charge in [0.05, 0.1) is 13.7 Å². The zero-order valence-corrected chi connectivity index (χ0v) is 12.4. The number of ether oxygens (including phenoxy) is 2. The van der Waals surface area contributed by atoms with Gasteiger partial charge in [-0.05, 0) is 42.5 Å². The molecule has 0 bridgehead atoms. The highest BCUT2D eigenvalue weighted by Crippen LogP contribution is 2.19. The molecule has 0 spiro atoms. The molecule has 0 aromatic heterocycles. The van der Waals surface area contributed by atoms with Crippen LogP contribution in [-0.2, 0) is 0 Å². The number of hydrogen-bond donors (Lipinski definition) is 1. The molecule has 4 nitrogen and oxygen atoms in total. The summed E-state index contributed by atoms with van der Waals surface area (Å²) in [5.74, 6) is 1.70. The van der Waals surface area contributed by atoms with E-state index in [4.69, 9.17) is 21.1 Å². The van der Waals surface area contributed by atoms with E-state index in [0.29, 0.717) is 23.7 Å². The molecule has 0 unspecified atom stereocenters. The molecule has 0 saturated heterocycles. The third-order valence-corrected chi connectivity index (χ3v) is 3.00.